The van der Waals surface area contributed by atoms with Crippen molar-refractivity contribution in [2.24, 2.45) is 5.10 Å². The van der Waals surface area contributed by atoms with Crippen LogP contribution in [0.4, 0.5) is 0 Å². The van der Waals surface area contributed by atoms with Crippen LogP contribution in [0.1, 0.15) is 16.1 Å². The maximum Gasteiger partial charge on any atom is 0.289 e. The van der Waals surface area contributed by atoms with Crippen molar-refractivity contribution in [2.75, 3.05) is 7.11 Å². The summed E-state index contributed by atoms with van der Waals surface area (Å²) < 4.78 is 5.05. The molecule has 0 atom stereocenters. The predicted molar refractivity (Wildman–Crippen MR) is 119 cm³/mol. The van der Waals surface area contributed by atoms with Crippen LogP contribution in [0.25, 0.3) is 22.4 Å². The second-order valence-electron chi connectivity index (χ2n) is 6.74. The van der Waals surface area contributed by atoms with E-state index >= 15 is 0 Å². The Kier molecular flexibility index (Phi) is 5.75. The molecule has 154 valence electrons. The van der Waals surface area contributed by atoms with Gasteiger partial charge in [-0.1, -0.05) is 54.6 Å². The van der Waals surface area contributed by atoms with E-state index in [-0.39, 0.29) is 5.75 Å². The molecular weight excluding hydrogens is 392 g/mol. The Morgan fingerprint density at radius 2 is 1.71 bits per heavy atom. The Labute approximate surface area is 179 Å². The van der Waals surface area contributed by atoms with Crippen LogP contribution in [0.2, 0.25) is 0 Å². The minimum Gasteiger partial charge on any atom is -0.504 e. The Bertz CT molecular complexity index is 1220. The van der Waals surface area contributed by atoms with Crippen molar-refractivity contribution in [1.82, 2.24) is 15.6 Å². The number of rotatable bonds is 6. The van der Waals surface area contributed by atoms with Gasteiger partial charge in [-0.05, 0) is 41.0 Å². The van der Waals surface area contributed by atoms with Gasteiger partial charge in [-0.2, -0.15) is 10.2 Å². The van der Waals surface area contributed by atoms with E-state index in [9.17, 15) is 9.90 Å². The lowest BCUT2D eigenvalue weighted by atomic mass is 10.0. The Morgan fingerprint density at radius 3 is 2.45 bits per heavy atom. The molecule has 0 unspecified atom stereocenters. The van der Waals surface area contributed by atoms with Crippen LogP contribution >= 0.6 is 0 Å². The monoisotopic (exact) mass is 412 g/mol. The van der Waals surface area contributed by atoms with Crippen LogP contribution in [-0.2, 0) is 0 Å². The smallest absolute Gasteiger partial charge is 0.289 e. The fraction of sp³-hybridized carbons (Fsp3) is 0.0417. The van der Waals surface area contributed by atoms with Gasteiger partial charge in [0.25, 0.3) is 5.91 Å². The molecule has 31 heavy (non-hydrogen) atoms. The number of benzene rings is 3. The number of aromatic amines is 1. The van der Waals surface area contributed by atoms with Crippen molar-refractivity contribution in [1.29, 1.82) is 0 Å². The van der Waals surface area contributed by atoms with Crippen LogP contribution in [0.5, 0.6) is 11.5 Å². The summed E-state index contributed by atoms with van der Waals surface area (Å²) >= 11 is 0. The zero-order valence-electron chi connectivity index (χ0n) is 16.7. The molecule has 0 saturated heterocycles. The zero-order valence-corrected chi connectivity index (χ0v) is 16.7. The first-order valence-electron chi connectivity index (χ1n) is 9.56. The molecule has 1 aromatic heterocycles. The molecule has 7 heteroatoms. The highest BCUT2D eigenvalue weighted by Gasteiger charge is 2.11. The molecule has 0 radical (unpaired) electrons. The third kappa shape index (κ3) is 4.62. The molecule has 4 aromatic rings. The molecule has 0 aliphatic rings. The molecule has 0 aliphatic carbocycles. The van der Waals surface area contributed by atoms with Gasteiger partial charge in [0, 0.05) is 5.56 Å². The lowest BCUT2D eigenvalue weighted by Gasteiger charge is -2.03. The molecule has 0 fully saturated rings. The highest BCUT2D eigenvalue weighted by atomic mass is 16.5. The SMILES string of the molecule is COc1cc(/C=N/NC(=O)c2cc(-c3ccc(-c4ccccc4)cc3)n[nH]2)ccc1O. The standard InChI is InChI=1S/C24H20N4O3/c1-31-23-13-16(7-12-22(23)29)15-25-28-24(30)21-14-20(26-27-21)19-10-8-18(9-11-19)17-5-3-2-4-6-17/h2-15,29H,1H3,(H,26,27)(H,28,30)/b25-15+. The summed E-state index contributed by atoms with van der Waals surface area (Å²) in [6.07, 6.45) is 1.46. The van der Waals surface area contributed by atoms with Gasteiger partial charge < -0.3 is 9.84 Å². The second kappa shape index (κ2) is 8.96. The zero-order chi connectivity index (χ0) is 21.6. The Hall–Kier alpha value is -4.39. The normalized spacial score (nSPS) is 10.9. The minimum atomic E-state index is -0.415. The third-order valence-corrected chi connectivity index (χ3v) is 4.69. The van der Waals surface area contributed by atoms with Gasteiger partial charge in [0.1, 0.15) is 5.69 Å². The minimum absolute atomic E-state index is 0.0328. The maximum absolute atomic E-state index is 12.3. The number of carbonyl (C=O) groups excluding carboxylic acids is 1. The second-order valence-corrected chi connectivity index (χ2v) is 6.74. The lowest BCUT2D eigenvalue weighted by Crippen LogP contribution is -2.18. The van der Waals surface area contributed by atoms with E-state index in [1.807, 2.05) is 42.5 Å². The van der Waals surface area contributed by atoms with Gasteiger partial charge in [0.15, 0.2) is 11.5 Å². The number of phenols is 1. The van der Waals surface area contributed by atoms with Crippen LogP contribution in [0.3, 0.4) is 0 Å². The van der Waals surface area contributed by atoms with Crippen LogP contribution < -0.4 is 10.2 Å². The summed E-state index contributed by atoms with van der Waals surface area (Å²) in [6, 6.07) is 24.5. The quantitative estimate of drug-likeness (QED) is 0.326. The molecule has 3 aromatic carbocycles. The number of amides is 1. The number of hydrazone groups is 1. The summed E-state index contributed by atoms with van der Waals surface area (Å²) in [5, 5.41) is 20.5. The average molecular weight is 412 g/mol. The number of hydrogen-bond acceptors (Lipinski definition) is 5. The highest BCUT2D eigenvalue weighted by molar-refractivity contribution is 5.94. The fourth-order valence-electron chi connectivity index (χ4n) is 3.05. The molecule has 0 aliphatic heterocycles. The Morgan fingerprint density at radius 1 is 1.00 bits per heavy atom. The number of H-pyrrole nitrogens is 1. The molecule has 0 saturated carbocycles. The molecule has 1 amide bonds. The number of methoxy groups -OCH3 is 1. The summed E-state index contributed by atoms with van der Waals surface area (Å²) in [5.41, 5.74) is 7.22. The van der Waals surface area contributed by atoms with E-state index < -0.39 is 5.91 Å². The average Bonchev–Trinajstić information content (AvgIpc) is 3.31. The van der Waals surface area contributed by atoms with Crippen molar-refractivity contribution in [3.8, 4) is 33.9 Å². The number of aromatic hydroxyl groups is 1. The first kappa shape index (κ1) is 19.9. The van der Waals surface area contributed by atoms with E-state index in [1.165, 1.54) is 19.4 Å². The lowest BCUT2D eigenvalue weighted by molar-refractivity contribution is 0.0950. The molecule has 1 heterocycles. The molecule has 7 nitrogen and oxygen atoms in total. The molecule has 0 bridgehead atoms. The first-order valence-corrected chi connectivity index (χ1v) is 9.56. The number of nitrogens with zero attached hydrogens (tertiary/aromatic N) is 2. The van der Waals surface area contributed by atoms with Gasteiger partial charge in [-0.25, -0.2) is 5.43 Å². The van der Waals surface area contributed by atoms with Gasteiger partial charge >= 0.3 is 0 Å². The van der Waals surface area contributed by atoms with E-state index in [4.69, 9.17) is 4.74 Å². The van der Waals surface area contributed by atoms with Gasteiger partial charge in [-0.3, -0.25) is 9.89 Å². The van der Waals surface area contributed by atoms with Crippen molar-refractivity contribution in [2.45, 2.75) is 0 Å². The molecule has 3 N–H and O–H groups in total. The van der Waals surface area contributed by atoms with Gasteiger partial charge in [0.05, 0.1) is 19.0 Å². The topological polar surface area (TPSA) is 99.6 Å². The van der Waals surface area contributed by atoms with Crippen molar-refractivity contribution >= 4 is 12.1 Å². The maximum atomic E-state index is 12.3. The molecular formula is C24H20N4O3. The van der Waals surface area contributed by atoms with Crippen molar-refractivity contribution < 1.29 is 14.6 Å². The summed E-state index contributed by atoms with van der Waals surface area (Å²) in [4.78, 5) is 12.3. The van der Waals surface area contributed by atoms with Gasteiger partial charge in [0.2, 0.25) is 0 Å². The number of hydrogen-bond donors (Lipinski definition) is 3. The number of aromatic nitrogens is 2. The van der Waals surface area contributed by atoms with E-state index in [0.29, 0.717) is 22.7 Å². The third-order valence-electron chi connectivity index (χ3n) is 4.69. The van der Waals surface area contributed by atoms with Crippen LogP contribution in [-0.4, -0.2) is 34.5 Å². The highest BCUT2D eigenvalue weighted by Crippen LogP contribution is 2.26. The van der Waals surface area contributed by atoms with Crippen molar-refractivity contribution in [3.05, 3.63) is 90.1 Å². The van der Waals surface area contributed by atoms with E-state index in [1.54, 1.807) is 18.2 Å². The fourth-order valence-corrected chi connectivity index (χ4v) is 3.05. The first-order chi connectivity index (χ1) is 15.1. The summed E-state index contributed by atoms with van der Waals surface area (Å²) in [5.74, 6) is -0.0566. The molecule has 0 spiro atoms. The number of ether oxygens (including phenoxy) is 1. The summed E-state index contributed by atoms with van der Waals surface area (Å²) in [7, 11) is 1.46. The predicted octanol–water partition coefficient (Wildman–Crippen LogP) is 4.22. The largest absolute Gasteiger partial charge is 0.504 e. The number of phenolic OH excluding ortho intramolecular Hbond substituents is 1. The summed E-state index contributed by atoms with van der Waals surface area (Å²) in [6.45, 7) is 0. The van der Waals surface area contributed by atoms with Crippen LogP contribution in [0, 0.1) is 0 Å². The molecule has 4 rings (SSSR count). The van der Waals surface area contributed by atoms with Gasteiger partial charge in [-0.15, -0.1) is 0 Å². The Balaban J connectivity index is 1.42. The van der Waals surface area contributed by atoms with Crippen molar-refractivity contribution in [3.63, 3.8) is 0 Å². The number of nitrogens with one attached hydrogen (secondary N) is 2. The van der Waals surface area contributed by atoms with Crippen LogP contribution in [0.15, 0.2) is 84.0 Å². The van der Waals surface area contributed by atoms with E-state index in [2.05, 4.69) is 32.9 Å². The van der Waals surface area contributed by atoms with E-state index in [0.717, 1.165) is 16.7 Å². The number of carbonyl (C=O) groups is 1.